The van der Waals surface area contributed by atoms with E-state index in [9.17, 15) is 9.59 Å². The van der Waals surface area contributed by atoms with E-state index in [1.54, 1.807) is 25.3 Å². The summed E-state index contributed by atoms with van der Waals surface area (Å²) in [5.74, 6) is 4.16. The van der Waals surface area contributed by atoms with E-state index in [-0.39, 0.29) is 42.1 Å². The first kappa shape index (κ1) is 17.1. The van der Waals surface area contributed by atoms with Crippen LogP contribution in [0.15, 0.2) is 35.5 Å². The molecule has 2 saturated carbocycles. The van der Waals surface area contributed by atoms with Crippen LogP contribution in [0.25, 0.3) is 0 Å². The standard InChI is InChI=1S/C22H20N2O4/c1-3-8-28-18-7-4-13(27-2)9-12(18)11-23-24-21(25)19-14-5-6-15(17-10-16(14)17)20(19)22(24)26/h1,4-7,9,11,14-17,19-20H,8,10H2,2H3/b23-11-/t14-,15-,16-,17+,19-,20+/m0/s1. The SMILES string of the molecule is C#CCOc1ccc(OC)cc1/C=N\N1C(=O)[C@@H]2[C@H]3C=C[C@@H]([C@@H]4C[C@H]34)[C@@H]2C1=O. The predicted molar refractivity (Wildman–Crippen MR) is 101 cm³/mol. The van der Waals surface area contributed by atoms with Crippen molar-refractivity contribution in [2.24, 2.45) is 40.6 Å². The van der Waals surface area contributed by atoms with Crippen molar-refractivity contribution in [2.75, 3.05) is 13.7 Å². The molecular formula is C22H20N2O4. The van der Waals surface area contributed by atoms with Crippen LogP contribution in [0.4, 0.5) is 0 Å². The van der Waals surface area contributed by atoms with Crippen molar-refractivity contribution >= 4 is 18.0 Å². The second-order valence-electron chi connectivity index (χ2n) is 7.78. The van der Waals surface area contributed by atoms with E-state index in [2.05, 4.69) is 23.2 Å². The van der Waals surface area contributed by atoms with Crippen molar-refractivity contribution in [3.05, 3.63) is 35.9 Å². The molecular weight excluding hydrogens is 356 g/mol. The van der Waals surface area contributed by atoms with Crippen molar-refractivity contribution in [3.8, 4) is 23.8 Å². The van der Waals surface area contributed by atoms with Crippen molar-refractivity contribution in [1.82, 2.24) is 5.01 Å². The number of rotatable bonds is 5. The molecule has 0 N–H and O–H groups in total. The van der Waals surface area contributed by atoms with Crippen LogP contribution in [0, 0.1) is 47.9 Å². The molecule has 6 rings (SSSR count). The normalized spacial score (nSPS) is 34.4. The van der Waals surface area contributed by atoms with E-state index < -0.39 is 0 Å². The number of nitrogens with zero attached hydrogens (tertiary/aromatic N) is 2. The van der Waals surface area contributed by atoms with Gasteiger partial charge < -0.3 is 9.47 Å². The molecule has 2 amide bonds. The minimum Gasteiger partial charge on any atom is -0.497 e. The molecule has 1 saturated heterocycles. The summed E-state index contributed by atoms with van der Waals surface area (Å²) in [4.78, 5) is 26.0. The van der Waals surface area contributed by atoms with Gasteiger partial charge in [-0.15, -0.1) is 6.42 Å². The molecule has 0 aromatic heterocycles. The number of methoxy groups -OCH3 is 1. The number of carbonyl (C=O) groups is 2. The van der Waals surface area contributed by atoms with Gasteiger partial charge in [0.25, 0.3) is 11.8 Å². The highest BCUT2D eigenvalue weighted by Gasteiger charge is 2.67. The highest BCUT2D eigenvalue weighted by molar-refractivity contribution is 6.06. The third-order valence-corrected chi connectivity index (χ3v) is 6.48. The lowest BCUT2D eigenvalue weighted by atomic mass is 9.63. The Labute approximate surface area is 163 Å². The number of allylic oxidation sites excluding steroid dienone is 2. The quantitative estimate of drug-likeness (QED) is 0.342. The van der Waals surface area contributed by atoms with Gasteiger partial charge in [-0.1, -0.05) is 18.1 Å². The number of hydrogen-bond acceptors (Lipinski definition) is 5. The van der Waals surface area contributed by atoms with E-state index in [0.29, 0.717) is 28.9 Å². The summed E-state index contributed by atoms with van der Waals surface area (Å²) in [7, 11) is 1.56. The monoisotopic (exact) mass is 376 g/mol. The Morgan fingerprint density at radius 2 is 1.89 bits per heavy atom. The molecule has 0 radical (unpaired) electrons. The number of carbonyl (C=O) groups excluding carboxylic acids is 2. The van der Waals surface area contributed by atoms with Gasteiger partial charge in [-0.05, 0) is 48.3 Å². The summed E-state index contributed by atoms with van der Waals surface area (Å²) in [5, 5.41) is 5.31. The number of hydrogen-bond donors (Lipinski definition) is 0. The molecule has 6 nitrogen and oxygen atoms in total. The van der Waals surface area contributed by atoms with Gasteiger partial charge in [-0.25, -0.2) is 0 Å². The lowest BCUT2D eigenvalue weighted by Crippen LogP contribution is -2.40. The Morgan fingerprint density at radius 1 is 1.21 bits per heavy atom. The Bertz CT molecular complexity index is 924. The van der Waals surface area contributed by atoms with Gasteiger partial charge in [-0.3, -0.25) is 9.59 Å². The number of amides is 2. The second-order valence-corrected chi connectivity index (χ2v) is 7.78. The average Bonchev–Trinajstić information content (AvgIpc) is 3.50. The van der Waals surface area contributed by atoms with Crippen molar-refractivity contribution < 1.29 is 19.1 Å². The summed E-state index contributed by atoms with van der Waals surface area (Å²) in [5.41, 5.74) is 0.592. The second kappa shape index (κ2) is 6.23. The van der Waals surface area contributed by atoms with Crippen LogP contribution in [0.1, 0.15) is 12.0 Å². The maximum absolute atomic E-state index is 13.0. The molecule has 1 heterocycles. The Kier molecular flexibility index (Phi) is 3.80. The molecule has 142 valence electrons. The zero-order chi connectivity index (χ0) is 19.4. The maximum Gasteiger partial charge on any atom is 0.254 e. The van der Waals surface area contributed by atoms with Crippen LogP contribution in [0.5, 0.6) is 11.5 Å². The smallest absolute Gasteiger partial charge is 0.254 e. The van der Waals surface area contributed by atoms with Crippen LogP contribution in [0.2, 0.25) is 0 Å². The van der Waals surface area contributed by atoms with Gasteiger partial charge >= 0.3 is 0 Å². The third kappa shape index (κ3) is 2.39. The molecule has 6 heteroatoms. The molecule has 1 aromatic carbocycles. The molecule has 3 fully saturated rings. The first-order chi connectivity index (χ1) is 13.6. The summed E-state index contributed by atoms with van der Waals surface area (Å²) in [6.07, 6.45) is 12.2. The summed E-state index contributed by atoms with van der Waals surface area (Å²) < 4.78 is 10.8. The molecule has 1 aromatic rings. The summed E-state index contributed by atoms with van der Waals surface area (Å²) in [6, 6.07) is 5.20. The lowest BCUT2D eigenvalue weighted by Gasteiger charge is -2.37. The van der Waals surface area contributed by atoms with Crippen molar-refractivity contribution in [3.63, 3.8) is 0 Å². The first-order valence-corrected chi connectivity index (χ1v) is 9.48. The number of benzene rings is 1. The molecule has 6 atom stereocenters. The van der Waals surface area contributed by atoms with Gasteiger partial charge in [0, 0.05) is 5.56 Å². The number of hydrazone groups is 1. The van der Waals surface area contributed by atoms with E-state index in [4.69, 9.17) is 15.9 Å². The van der Waals surface area contributed by atoms with Gasteiger partial charge in [0.1, 0.15) is 18.1 Å². The molecule has 5 aliphatic rings. The fourth-order valence-corrected chi connectivity index (χ4v) is 5.18. The fraction of sp³-hybridized carbons (Fsp3) is 0.409. The van der Waals surface area contributed by atoms with E-state index in [1.807, 2.05) is 0 Å². The van der Waals surface area contributed by atoms with Crippen molar-refractivity contribution in [1.29, 1.82) is 0 Å². The topological polar surface area (TPSA) is 68.2 Å². The molecule has 1 aliphatic heterocycles. The highest BCUT2D eigenvalue weighted by Crippen LogP contribution is 2.65. The Hall–Kier alpha value is -3.07. The van der Waals surface area contributed by atoms with Crippen LogP contribution < -0.4 is 9.47 Å². The minimum atomic E-state index is -0.258. The first-order valence-electron chi connectivity index (χ1n) is 9.48. The molecule has 0 spiro atoms. The zero-order valence-corrected chi connectivity index (χ0v) is 15.4. The van der Waals surface area contributed by atoms with E-state index in [1.165, 1.54) is 6.21 Å². The molecule has 2 bridgehead atoms. The predicted octanol–water partition coefficient (Wildman–Crippen LogP) is 2.09. The lowest BCUT2D eigenvalue weighted by molar-refractivity contribution is -0.140. The third-order valence-electron chi connectivity index (χ3n) is 6.48. The van der Waals surface area contributed by atoms with Gasteiger partial charge in [0.05, 0.1) is 25.2 Å². The van der Waals surface area contributed by atoms with Crippen molar-refractivity contribution in [2.45, 2.75) is 6.42 Å². The van der Waals surface area contributed by atoms with Crippen LogP contribution in [0.3, 0.4) is 0 Å². The number of terminal acetylenes is 1. The van der Waals surface area contributed by atoms with E-state index >= 15 is 0 Å². The van der Waals surface area contributed by atoms with Crippen LogP contribution >= 0.6 is 0 Å². The minimum absolute atomic E-state index is 0.108. The summed E-state index contributed by atoms with van der Waals surface area (Å²) in [6.45, 7) is 0.108. The number of imide groups is 1. The van der Waals surface area contributed by atoms with Gasteiger partial charge in [0.2, 0.25) is 0 Å². The number of ether oxygens (including phenoxy) is 2. The van der Waals surface area contributed by atoms with Gasteiger partial charge in [-0.2, -0.15) is 10.1 Å². The fourth-order valence-electron chi connectivity index (χ4n) is 5.18. The summed E-state index contributed by atoms with van der Waals surface area (Å²) >= 11 is 0. The molecule has 4 aliphatic carbocycles. The Morgan fingerprint density at radius 3 is 2.50 bits per heavy atom. The molecule has 0 unspecified atom stereocenters. The maximum atomic E-state index is 13.0. The average molecular weight is 376 g/mol. The molecule has 28 heavy (non-hydrogen) atoms. The van der Waals surface area contributed by atoms with E-state index in [0.717, 1.165) is 11.4 Å². The Balaban J connectivity index is 1.43. The zero-order valence-electron chi connectivity index (χ0n) is 15.4. The highest BCUT2D eigenvalue weighted by atomic mass is 16.5. The van der Waals surface area contributed by atoms with Crippen LogP contribution in [-0.4, -0.2) is 36.8 Å². The largest absolute Gasteiger partial charge is 0.497 e. The van der Waals surface area contributed by atoms with Crippen LogP contribution in [-0.2, 0) is 9.59 Å². The van der Waals surface area contributed by atoms with Gasteiger partial charge in [0.15, 0.2) is 0 Å².